The van der Waals surface area contributed by atoms with Crippen LogP contribution in [0.4, 0.5) is 0 Å². The summed E-state index contributed by atoms with van der Waals surface area (Å²) in [7, 11) is 0. The van der Waals surface area contributed by atoms with Crippen LogP contribution < -0.4 is 5.73 Å². The molecule has 2 unspecified atom stereocenters. The highest BCUT2D eigenvalue weighted by molar-refractivity contribution is 5.98. The Morgan fingerprint density at radius 2 is 1.85 bits per heavy atom. The van der Waals surface area contributed by atoms with Crippen LogP contribution in [0.3, 0.4) is 0 Å². The maximum Gasteiger partial charge on any atom is 0.335 e. The van der Waals surface area contributed by atoms with Crippen molar-refractivity contribution in [2.45, 2.75) is 31.9 Å². The first-order chi connectivity index (χ1) is 8.97. The lowest BCUT2D eigenvalue weighted by molar-refractivity contribution is -0.164. The molecule has 0 fully saturated rings. The molecule has 20 heavy (non-hydrogen) atoms. The van der Waals surface area contributed by atoms with Crippen molar-refractivity contribution in [2.24, 2.45) is 11.7 Å². The molecule has 0 aliphatic heterocycles. The largest absolute Gasteiger partial charge is 0.481 e. The fourth-order valence-electron chi connectivity index (χ4n) is 1.73. The van der Waals surface area contributed by atoms with Gasteiger partial charge in [0.15, 0.2) is 5.54 Å². The lowest BCUT2D eigenvalue weighted by atomic mass is 9.79. The molecule has 0 radical (unpaired) electrons. The number of aliphatic carboxylic acids is 2. The van der Waals surface area contributed by atoms with E-state index in [0.29, 0.717) is 0 Å². The number of ether oxygens (including phenoxy) is 1. The summed E-state index contributed by atoms with van der Waals surface area (Å²) in [4.78, 5) is 34.3. The Balaban J connectivity index is 3.24. The number of esters is 1. The molecular formula is C13H17NO6. The van der Waals surface area contributed by atoms with Crippen molar-refractivity contribution in [3.63, 3.8) is 0 Å². The van der Waals surface area contributed by atoms with Crippen LogP contribution in [-0.2, 0) is 19.1 Å². The summed E-state index contributed by atoms with van der Waals surface area (Å²) in [6, 6.07) is 0. The van der Waals surface area contributed by atoms with E-state index in [9.17, 15) is 14.4 Å². The van der Waals surface area contributed by atoms with Gasteiger partial charge < -0.3 is 20.7 Å². The lowest BCUT2D eigenvalue weighted by Gasteiger charge is -2.33. The minimum atomic E-state index is -2.05. The summed E-state index contributed by atoms with van der Waals surface area (Å²) in [5.74, 6) is -5.01. The summed E-state index contributed by atoms with van der Waals surface area (Å²) in [5.41, 5.74) is 2.66. The molecule has 0 amide bonds. The van der Waals surface area contributed by atoms with Gasteiger partial charge in [0.1, 0.15) is 11.5 Å². The van der Waals surface area contributed by atoms with Gasteiger partial charge in [-0.05, 0) is 26.8 Å². The Morgan fingerprint density at radius 3 is 2.25 bits per heavy atom. The molecule has 0 aromatic carbocycles. The van der Waals surface area contributed by atoms with Gasteiger partial charge in [-0.2, -0.15) is 0 Å². The first kappa shape index (κ1) is 15.9. The molecule has 0 bridgehead atoms. The van der Waals surface area contributed by atoms with Crippen molar-refractivity contribution < 1.29 is 29.3 Å². The van der Waals surface area contributed by atoms with E-state index in [0.717, 1.165) is 18.2 Å². The van der Waals surface area contributed by atoms with Gasteiger partial charge in [-0.25, -0.2) is 9.59 Å². The topological polar surface area (TPSA) is 127 Å². The number of hydrogen-bond donors (Lipinski definition) is 3. The fraction of sp³-hybridized carbons (Fsp3) is 0.462. The molecule has 0 saturated heterocycles. The van der Waals surface area contributed by atoms with E-state index < -0.39 is 35.0 Å². The molecule has 7 heteroatoms. The van der Waals surface area contributed by atoms with Crippen LogP contribution in [0.15, 0.2) is 23.8 Å². The third kappa shape index (κ3) is 3.24. The highest BCUT2D eigenvalue weighted by atomic mass is 16.6. The number of carbonyl (C=O) groups is 3. The average molecular weight is 283 g/mol. The molecule has 2 atom stereocenters. The van der Waals surface area contributed by atoms with Crippen molar-refractivity contribution in [3.05, 3.63) is 23.8 Å². The minimum Gasteiger partial charge on any atom is -0.481 e. The summed E-state index contributed by atoms with van der Waals surface area (Å²) < 4.78 is 5.09. The minimum absolute atomic E-state index is 0.254. The molecule has 0 aromatic rings. The highest BCUT2D eigenvalue weighted by Gasteiger charge is 2.48. The van der Waals surface area contributed by atoms with Gasteiger partial charge in [-0.15, -0.1) is 0 Å². The van der Waals surface area contributed by atoms with Gasteiger partial charge in [0.05, 0.1) is 5.57 Å². The smallest absolute Gasteiger partial charge is 0.335 e. The van der Waals surface area contributed by atoms with Crippen LogP contribution in [0.5, 0.6) is 0 Å². The average Bonchev–Trinajstić information content (AvgIpc) is 2.25. The maximum atomic E-state index is 12.1. The van der Waals surface area contributed by atoms with Crippen LogP contribution in [0.2, 0.25) is 0 Å². The zero-order valence-corrected chi connectivity index (χ0v) is 11.4. The van der Waals surface area contributed by atoms with Crippen molar-refractivity contribution >= 4 is 17.9 Å². The molecule has 0 saturated carbocycles. The second kappa shape index (κ2) is 5.09. The molecule has 4 N–H and O–H groups in total. The Bertz CT molecular complexity index is 513. The van der Waals surface area contributed by atoms with E-state index in [1.807, 2.05) is 0 Å². The summed E-state index contributed by atoms with van der Waals surface area (Å²) >= 11 is 0. The lowest BCUT2D eigenvalue weighted by Crippen LogP contribution is -2.57. The Morgan fingerprint density at radius 1 is 1.30 bits per heavy atom. The maximum absolute atomic E-state index is 12.1. The van der Waals surface area contributed by atoms with E-state index in [2.05, 4.69) is 0 Å². The second-order valence-corrected chi connectivity index (χ2v) is 5.51. The number of carboxylic acid groups (broad SMARTS) is 2. The van der Waals surface area contributed by atoms with Gasteiger partial charge in [0, 0.05) is 0 Å². The van der Waals surface area contributed by atoms with Crippen molar-refractivity contribution in [3.8, 4) is 0 Å². The number of rotatable bonds is 3. The molecule has 1 aliphatic carbocycles. The molecule has 0 heterocycles. The first-order valence-corrected chi connectivity index (χ1v) is 5.87. The Labute approximate surface area is 115 Å². The van der Waals surface area contributed by atoms with Crippen molar-refractivity contribution in [1.29, 1.82) is 0 Å². The molecule has 7 nitrogen and oxygen atoms in total. The molecule has 1 rings (SSSR count). The number of carboxylic acids is 2. The van der Waals surface area contributed by atoms with E-state index >= 15 is 0 Å². The van der Waals surface area contributed by atoms with Crippen LogP contribution in [-0.4, -0.2) is 39.3 Å². The first-order valence-electron chi connectivity index (χ1n) is 5.87. The third-order valence-electron chi connectivity index (χ3n) is 2.64. The van der Waals surface area contributed by atoms with Gasteiger partial charge in [-0.3, -0.25) is 4.79 Å². The predicted molar refractivity (Wildman–Crippen MR) is 68.7 cm³/mol. The Kier molecular flexibility index (Phi) is 4.04. The number of nitrogens with two attached hydrogens (primary N) is 1. The predicted octanol–water partition coefficient (Wildman–Crippen LogP) is 0.307. The third-order valence-corrected chi connectivity index (χ3v) is 2.64. The monoisotopic (exact) mass is 283 g/mol. The van der Waals surface area contributed by atoms with Crippen LogP contribution in [0.25, 0.3) is 0 Å². The van der Waals surface area contributed by atoms with Gasteiger partial charge in [0.2, 0.25) is 0 Å². The Hall–Kier alpha value is -2.15. The normalized spacial score (nSPS) is 25.8. The molecule has 0 aromatic heterocycles. The van der Waals surface area contributed by atoms with Crippen molar-refractivity contribution in [1.82, 2.24) is 0 Å². The molecule has 110 valence electrons. The van der Waals surface area contributed by atoms with Gasteiger partial charge in [0.25, 0.3) is 0 Å². The van der Waals surface area contributed by atoms with Gasteiger partial charge in [-0.1, -0.05) is 12.2 Å². The highest BCUT2D eigenvalue weighted by Crippen LogP contribution is 2.28. The van der Waals surface area contributed by atoms with Crippen molar-refractivity contribution in [2.75, 3.05) is 0 Å². The number of hydrogen-bond acceptors (Lipinski definition) is 5. The number of carbonyl (C=O) groups excluding carboxylic acids is 1. The molecule has 1 aliphatic rings. The molecule has 0 spiro atoms. The summed E-state index contributed by atoms with van der Waals surface area (Å²) in [6.07, 6.45) is 3.11. The SMILES string of the molecule is CC(C)(C)OC(=O)C1(N)C=C(C(=O)O)C=CC1C(=O)O. The van der Waals surface area contributed by atoms with E-state index in [1.165, 1.54) is 0 Å². The molecular weight excluding hydrogens is 266 g/mol. The van der Waals surface area contributed by atoms with Crippen LogP contribution in [0.1, 0.15) is 20.8 Å². The second-order valence-electron chi connectivity index (χ2n) is 5.51. The summed E-state index contributed by atoms with van der Waals surface area (Å²) in [5, 5.41) is 18.1. The van der Waals surface area contributed by atoms with Crippen LogP contribution >= 0.6 is 0 Å². The zero-order valence-electron chi connectivity index (χ0n) is 11.4. The van der Waals surface area contributed by atoms with E-state index in [1.54, 1.807) is 20.8 Å². The fourth-order valence-corrected chi connectivity index (χ4v) is 1.73. The van der Waals surface area contributed by atoms with Crippen LogP contribution in [0, 0.1) is 5.92 Å². The van der Waals surface area contributed by atoms with Gasteiger partial charge >= 0.3 is 17.9 Å². The zero-order chi connectivity index (χ0) is 15.7. The quantitative estimate of drug-likeness (QED) is 0.636. The van der Waals surface area contributed by atoms with E-state index in [-0.39, 0.29) is 5.57 Å². The standard InChI is InChI=1S/C13H17NO6/c1-12(2,3)20-11(19)13(14)6-7(9(15)16)4-5-8(13)10(17)18/h4-6,8H,14H2,1-3H3,(H,15,16)(H,17,18). The summed E-state index contributed by atoms with van der Waals surface area (Å²) in [6.45, 7) is 4.81. The van der Waals surface area contributed by atoms with E-state index in [4.69, 9.17) is 20.7 Å².